The molecule has 1 aliphatic rings. The number of carboxylic acid groups (broad SMARTS) is 1. The van der Waals surface area contributed by atoms with Gasteiger partial charge in [0.15, 0.2) is 0 Å². The largest absolute Gasteiger partial charge is 0.481 e. The molecule has 0 radical (unpaired) electrons. The van der Waals surface area contributed by atoms with Gasteiger partial charge in [0.05, 0.1) is 12.0 Å². The Morgan fingerprint density at radius 3 is 2.53 bits per heavy atom. The third kappa shape index (κ3) is 5.57. The van der Waals surface area contributed by atoms with Gasteiger partial charge < -0.3 is 20.9 Å². The third-order valence-electron chi connectivity index (χ3n) is 3.73. The highest BCUT2D eigenvalue weighted by Crippen LogP contribution is 2.28. The molecule has 1 fully saturated rings. The first-order valence-corrected chi connectivity index (χ1v) is 6.79. The van der Waals surface area contributed by atoms with E-state index in [2.05, 4.69) is 5.32 Å². The molecule has 6 heteroatoms. The maximum atomic E-state index is 11.7. The number of hydrogen-bond acceptors (Lipinski definition) is 4. The van der Waals surface area contributed by atoms with Gasteiger partial charge in [-0.15, -0.1) is 0 Å². The zero-order valence-corrected chi connectivity index (χ0v) is 11.4. The van der Waals surface area contributed by atoms with E-state index in [1.165, 1.54) is 0 Å². The molecule has 19 heavy (non-hydrogen) atoms. The minimum absolute atomic E-state index is 0.155. The lowest BCUT2D eigenvalue weighted by molar-refractivity contribution is -0.143. The molecule has 1 saturated carbocycles. The minimum atomic E-state index is -0.705. The molecule has 1 aliphatic carbocycles. The zero-order chi connectivity index (χ0) is 14.3. The lowest BCUT2D eigenvalue weighted by atomic mass is 9.82. The Labute approximate surface area is 113 Å². The first kappa shape index (κ1) is 15.9. The van der Waals surface area contributed by atoms with Gasteiger partial charge >= 0.3 is 5.97 Å². The third-order valence-corrected chi connectivity index (χ3v) is 3.73. The molecular weight excluding hydrogens is 248 g/mol. The Morgan fingerprint density at radius 2 is 2.00 bits per heavy atom. The van der Waals surface area contributed by atoms with Crippen LogP contribution in [0, 0.1) is 11.8 Å². The molecule has 0 bridgehead atoms. The van der Waals surface area contributed by atoms with E-state index in [4.69, 9.17) is 15.6 Å². The van der Waals surface area contributed by atoms with E-state index in [0.29, 0.717) is 38.3 Å². The van der Waals surface area contributed by atoms with Crippen LogP contribution in [0.4, 0.5) is 0 Å². The second-order valence-corrected chi connectivity index (χ2v) is 5.19. The molecule has 0 aliphatic heterocycles. The van der Waals surface area contributed by atoms with Crippen LogP contribution in [0.15, 0.2) is 0 Å². The number of rotatable bonds is 7. The van der Waals surface area contributed by atoms with Crippen LogP contribution in [0.5, 0.6) is 0 Å². The zero-order valence-electron chi connectivity index (χ0n) is 11.4. The highest BCUT2D eigenvalue weighted by Gasteiger charge is 2.26. The van der Waals surface area contributed by atoms with Gasteiger partial charge in [-0.3, -0.25) is 9.59 Å². The van der Waals surface area contributed by atoms with Crippen LogP contribution in [-0.4, -0.2) is 43.3 Å². The molecular formula is C13H24N2O4. The number of nitrogens with two attached hydrogens (primary N) is 1. The fourth-order valence-electron chi connectivity index (χ4n) is 2.37. The van der Waals surface area contributed by atoms with Crippen LogP contribution in [0.2, 0.25) is 0 Å². The molecule has 0 aromatic rings. The quantitative estimate of drug-likeness (QED) is 0.621. The van der Waals surface area contributed by atoms with E-state index >= 15 is 0 Å². The smallest absolute Gasteiger partial charge is 0.306 e. The SMILES string of the molecule is COCCC(N)C(=O)NCC1CCC(C(=O)O)CC1. The number of carbonyl (C=O) groups is 2. The summed E-state index contributed by atoms with van der Waals surface area (Å²) < 4.78 is 4.88. The summed E-state index contributed by atoms with van der Waals surface area (Å²) in [5.41, 5.74) is 5.71. The van der Waals surface area contributed by atoms with E-state index < -0.39 is 12.0 Å². The Kier molecular flexibility index (Phi) is 6.80. The minimum Gasteiger partial charge on any atom is -0.481 e. The average Bonchev–Trinajstić information content (AvgIpc) is 2.42. The number of hydrogen-bond donors (Lipinski definition) is 3. The molecule has 6 nitrogen and oxygen atoms in total. The highest BCUT2D eigenvalue weighted by molar-refractivity contribution is 5.81. The number of aliphatic carboxylic acids is 1. The molecule has 1 atom stereocenters. The molecule has 1 amide bonds. The van der Waals surface area contributed by atoms with E-state index in [-0.39, 0.29) is 11.8 Å². The van der Waals surface area contributed by atoms with Crippen molar-refractivity contribution in [1.29, 1.82) is 0 Å². The normalized spacial score (nSPS) is 24.7. The summed E-state index contributed by atoms with van der Waals surface area (Å²) in [6.45, 7) is 1.06. The summed E-state index contributed by atoms with van der Waals surface area (Å²) >= 11 is 0. The van der Waals surface area contributed by atoms with E-state index in [9.17, 15) is 9.59 Å². The number of amides is 1. The molecule has 110 valence electrons. The lowest BCUT2D eigenvalue weighted by Gasteiger charge is -2.26. The lowest BCUT2D eigenvalue weighted by Crippen LogP contribution is -2.43. The predicted molar refractivity (Wildman–Crippen MR) is 70.6 cm³/mol. The van der Waals surface area contributed by atoms with Crippen LogP contribution in [0.25, 0.3) is 0 Å². The van der Waals surface area contributed by atoms with Crippen molar-refractivity contribution >= 4 is 11.9 Å². The van der Waals surface area contributed by atoms with Gasteiger partial charge in [-0.05, 0) is 38.0 Å². The second kappa shape index (κ2) is 8.12. The first-order valence-electron chi connectivity index (χ1n) is 6.79. The first-order chi connectivity index (χ1) is 9.04. The van der Waals surface area contributed by atoms with Gasteiger partial charge in [0.1, 0.15) is 0 Å². The van der Waals surface area contributed by atoms with Crippen LogP contribution in [0.1, 0.15) is 32.1 Å². The molecule has 0 heterocycles. The number of ether oxygens (including phenoxy) is 1. The fourth-order valence-corrected chi connectivity index (χ4v) is 2.37. The Balaban J connectivity index is 2.19. The molecule has 1 rings (SSSR count). The van der Waals surface area contributed by atoms with E-state index in [1.54, 1.807) is 7.11 Å². The van der Waals surface area contributed by atoms with Crippen molar-refractivity contribution in [1.82, 2.24) is 5.32 Å². The molecule has 0 saturated heterocycles. The maximum absolute atomic E-state index is 11.7. The molecule has 0 aromatic heterocycles. The number of carbonyl (C=O) groups excluding carboxylic acids is 1. The van der Waals surface area contributed by atoms with Gasteiger partial charge in [0.25, 0.3) is 0 Å². The second-order valence-electron chi connectivity index (χ2n) is 5.19. The van der Waals surface area contributed by atoms with Gasteiger partial charge in [0.2, 0.25) is 5.91 Å². The fraction of sp³-hybridized carbons (Fsp3) is 0.846. The highest BCUT2D eigenvalue weighted by atomic mass is 16.5. The van der Waals surface area contributed by atoms with Crippen molar-refractivity contribution in [3.63, 3.8) is 0 Å². The van der Waals surface area contributed by atoms with Crippen LogP contribution < -0.4 is 11.1 Å². The van der Waals surface area contributed by atoms with Crippen molar-refractivity contribution in [3.05, 3.63) is 0 Å². The summed E-state index contributed by atoms with van der Waals surface area (Å²) in [4.78, 5) is 22.5. The Bertz CT molecular complexity index is 301. The van der Waals surface area contributed by atoms with Crippen LogP contribution >= 0.6 is 0 Å². The summed E-state index contributed by atoms with van der Waals surface area (Å²) in [5, 5.41) is 11.7. The van der Waals surface area contributed by atoms with E-state index in [0.717, 1.165) is 12.8 Å². The molecule has 4 N–H and O–H groups in total. The van der Waals surface area contributed by atoms with Gasteiger partial charge in [-0.2, -0.15) is 0 Å². The van der Waals surface area contributed by atoms with Crippen molar-refractivity contribution < 1.29 is 19.4 Å². The number of methoxy groups -OCH3 is 1. The van der Waals surface area contributed by atoms with Gasteiger partial charge in [0, 0.05) is 20.3 Å². The molecule has 0 aromatic carbocycles. The standard InChI is InChI=1S/C13H24N2O4/c1-19-7-6-11(14)12(16)15-8-9-2-4-10(5-3-9)13(17)18/h9-11H,2-8,14H2,1H3,(H,15,16)(H,17,18). The maximum Gasteiger partial charge on any atom is 0.306 e. The predicted octanol–water partition coefficient (Wildman–Crippen LogP) is 0.357. The Hall–Kier alpha value is -1.14. The van der Waals surface area contributed by atoms with Crippen LogP contribution in [0.3, 0.4) is 0 Å². The Morgan fingerprint density at radius 1 is 1.37 bits per heavy atom. The van der Waals surface area contributed by atoms with E-state index in [1.807, 2.05) is 0 Å². The van der Waals surface area contributed by atoms with Crippen molar-refractivity contribution in [2.45, 2.75) is 38.1 Å². The molecule has 1 unspecified atom stereocenters. The van der Waals surface area contributed by atoms with Crippen LogP contribution in [-0.2, 0) is 14.3 Å². The summed E-state index contributed by atoms with van der Waals surface area (Å²) in [6.07, 6.45) is 3.61. The summed E-state index contributed by atoms with van der Waals surface area (Å²) in [7, 11) is 1.57. The molecule has 0 spiro atoms. The van der Waals surface area contributed by atoms with Crippen molar-refractivity contribution in [3.8, 4) is 0 Å². The van der Waals surface area contributed by atoms with Crippen molar-refractivity contribution in [2.24, 2.45) is 17.6 Å². The number of nitrogens with one attached hydrogen (secondary N) is 1. The van der Waals surface area contributed by atoms with Crippen molar-refractivity contribution in [2.75, 3.05) is 20.3 Å². The monoisotopic (exact) mass is 272 g/mol. The van der Waals surface area contributed by atoms with Gasteiger partial charge in [-0.1, -0.05) is 0 Å². The topological polar surface area (TPSA) is 102 Å². The van der Waals surface area contributed by atoms with Gasteiger partial charge in [-0.25, -0.2) is 0 Å². The summed E-state index contributed by atoms with van der Waals surface area (Å²) in [5.74, 6) is -0.702. The summed E-state index contributed by atoms with van der Waals surface area (Å²) in [6, 6.07) is -0.532. The average molecular weight is 272 g/mol. The number of carboxylic acids is 1.